The van der Waals surface area contributed by atoms with Crippen LogP contribution in [-0.2, 0) is 19.1 Å². The van der Waals surface area contributed by atoms with E-state index in [1.165, 1.54) is 4.57 Å². The molecule has 9 heteroatoms. The van der Waals surface area contributed by atoms with Crippen molar-refractivity contribution in [2.45, 2.75) is 25.6 Å². The molecule has 0 spiro atoms. The second-order valence-corrected chi connectivity index (χ2v) is 5.67. The largest absolute Gasteiger partial charge is 0.434 e. The minimum absolute atomic E-state index is 0.0657. The van der Waals surface area contributed by atoms with Gasteiger partial charge in [-0.05, 0) is 24.5 Å². The molecule has 24 heavy (non-hydrogen) atoms. The monoisotopic (exact) mass is 339 g/mol. The Kier molecular flexibility index (Phi) is 4.41. The number of alkyl halides is 3. The first-order valence-electron chi connectivity index (χ1n) is 7.50. The van der Waals surface area contributed by atoms with E-state index in [-0.39, 0.29) is 11.9 Å². The Morgan fingerprint density at radius 2 is 2.08 bits per heavy atom. The van der Waals surface area contributed by atoms with E-state index in [9.17, 15) is 18.0 Å². The van der Waals surface area contributed by atoms with Crippen molar-refractivity contribution in [1.82, 2.24) is 19.9 Å². The highest BCUT2D eigenvalue weighted by molar-refractivity contribution is 5.89. The van der Waals surface area contributed by atoms with E-state index in [1.54, 1.807) is 24.5 Å². The van der Waals surface area contributed by atoms with Gasteiger partial charge in [0.2, 0.25) is 0 Å². The maximum atomic E-state index is 12.7. The molecule has 2 amide bonds. The van der Waals surface area contributed by atoms with Crippen molar-refractivity contribution in [3.8, 4) is 0 Å². The van der Waals surface area contributed by atoms with Crippen LogP contribution in [0.5, 0.6) is 0 Å². The molecule has 2 aromatic rings. The fourth-order valence-corrected chi connectivity index (χ4v) is 2.67. The lowest BCUT2D eigenvalue weighted by molar-refractivity contribution is -0.141. The number of rotatable bonds is 3. The number of urea groups is 1. The summed E-state index contributed by atoms with van der Waals surface area (Å²) in [6.45, 7) is 0.795. The molecule has 0 aromatic carbocycles. The van der Waals surface area contributed by atoms with Gasteiger partial charge in [-0.25, -0.2) is 9.78 Å². The number of carbonyl (C=O) groups excluding carboxylic acids is 1. The molecule has 0 bridgehead atoms. The van der Waals surface area contributed by atoms with Crippen molar-refractivity contribution in [3.05, 3.63) is 42.2 Å². The van der Waals surface area contributed by atoms with E-state index in [2.05, 4.69) is 20.6 Å². The molecule has 3 rings (SSSR count). The molecule has 1 atom stereocenters. The molecule has 1 aliphatic heterocycles. The number of nitrogens with zero attached hydrogens (tertiary/aromatic N) is 3. The van der Waals surface area contributed by atoms with Gasteiger partial charge < -0.3 is 15.2 Å². The lowest BCUT2D eigenvalue weighted by Crippen LogP contribution is -2.36. The number of amides is 2. The van der Waals surface area contributed by atoms with Crippen LogP contribution in [0, 0.1) is 5.92 Å². The van der Waals surface area contributed by atoms with Crippen molar-refractivity contribution in [3.63, 3.8) is 0 Å². The topological polar surface area (TPSA) is 71.8 Å². The van der Waals surface area contributed by atoms with Crippen molar-refractivity contribution < 1.29 is 18.0 Å². The van der Waals surface area contributed by atoms with Gasteiger partial charge in [-0.3, -0.25) is 4.98 Å². The molecule has 0 saturated heterocycles. The van der Waals surface area contributed by atoms with E-state index in [0.717, 1.165) is 6.20 Å². The molecule has 0 unspecified atom stereocenters. The smallest absolute Gasteiger partial charge is 0.338 e. The minimum atomic E-state index is -4.43. The van der Waals surface area contributed by atoms with E-state index in [0.29, 0.717) is 37.4 Å². The third-order valence-corrected chi connectivity index (χ3v) is 3.87. The number of aryl methyl sites for hydroxylation is 1. The zero-order chi connectivity index (χ0) is 17.2. The SMILES string of the molecule is O=C(NC[C@H]1CCc2nc(C(F)(F)F)cn2C1)Nc1ccncc1. The predicted octanol–water partition coefficient (Wildman–Crippen LogP) is 2.68. The summed E-state index contributed by atoms with van der Waals surface area (Å²) in [6, 6.07) is 2.97. The van der Waals surface area contributed by atoms with Gasteiger partial charge in [-0.1, -0.05) is 0 Å². The van der Waals surface area contributed by atoms with E-state index in [4.69, 9.17) is 0 Å². The predicted molar refractivity (Wildman–Crippen MR) is 80.3 cm³/mol. The van der Waals surface area contributed by atoms with Crippen LogP contribution in [0.2, 0.25) is 0 Å². The van der Waals surface area contributed by atoms with Crippen LogP contribution in [0.1, 0.15) is 17.9 Å². The van der Waals surface area contributed by atoms with Gasteiger partial charge in [0, 0.05) is 43.8 Å². The van der Waals surface area contributed by atoms with Crippen LogP contribution in [0.4, 0.5) is 23.7 Å². The lowest BCUT2D eigenvalue weighted by atomic mass is 9.99. The summed E-state index contributed by atoms with van der Waals surface area (Å²) in [6.07, 6.45) is 0.893. The van der Waals surface area contributed by atoms with Crippen molar-refractivity contribution in [1.29, 1.82) is 0 Å². The van der Waals surface area contributed by atoms with Crippen LogP contribution in [0.15, 0.2) is 30.7 Å². The van der Waals surface area contributed by atoms with Crippen molar-refractivity contribution in [2.24, 2.45) is 5.92 Å². The highest BCUT2D eigenvalue weighted by Gasteiger charge is 2.35. The summed E-state index contributed by atoms with van der Waals surface area (Å²) in [4.78, 5) is 19.3. The Bertz CT molecular complexity index is 714. The Balaban J connectivity index is 1.53. The third kappa shape index (κ3) is 3.84. The molecule has 1 aliphatic rings. The number of nitrogens with one attached hydrogen (secondary N) is 2. The van der Waals surface area contributed by atoms with Crippen molar-refractivity contribution >= 4 is 11.7 Å². The molecule has 0 radical (unpaired) electrons. The fraction of sp³-hybridized carbons (Fsp3) is 0.400. The summed E-state index contributed by atoms with van der Waals surface area (Å²) in [5.41, 5.74) is -0.237. The van der Waals surface area contributed by atoms with E-state index < -0.39 is 11.9 Å². The number of carbonyl (C=O) groups is 1. The fourth-order valence-electron chi connectivity index (χ4n) is 2.67. The van der Waals surface area contributed by atoms with Gasteiger partial charge in [0.25, 0.3) is 0 Å². The number of fused-ring (bicyclic) bond motifs is 1. The quantitative estimate of drug-likeness (QED) is 0.903. The number of pyridine rings is 1. The second kappa shape index (κ2) is 6.50. The Morgan fingerprint density at radius 3 is 2.79 bits per heavy atom. The number of anilines is 1. The molecule has 2 aromatic heterocycles. The van der Waals surface area contributed by atoms with Crippen LogP contribution >= 0.6 is 0 Å². The molecular weight excluding hydrogens is 323 g/mol. The molecule has 6 nitrogen and oxygen atoms in total. The van der Waals surface area contributed by atoms with Gasteiger partial charge in [0.1, 0.15) is 5.82 Å². The maximum Gasteiger partial charge on any atom is 0.434 e. The number of hydrogen-bond donors (Lipinski definition) is 2. The van der Waals surface area contributed by atoms with Gasteiger partial charge in [0.05, 0.1) is 0 Å². The van der Waals surface area contributed by atoms with Gasteiger partial charge >= 0.3 is 12.2 Å². The zero-order valence-electron chi connectivity index (χ0n) is 12.7. The van der Waals surface area contributed by atoms with Crippen molar-refractivity contribution in [2.75, 3.05) is 11.9 Å². The summed E-state index contributed by atoms with van der Waals surface area (Å²) in [7, 11) is 0. The summed E-state index contributed by atoms with van der Waals surface area (Å²) in [5, 5.41) is 5.41. The van der Waals surface area contributed by atoms with Crippen LogP contribution in [0.3, 0.4) is 0 Å². The van der Waals surface area contributed by atoms with E-state index >= 15 is 0 Å². The Hall–Kier alpha value is -2.58. The highest BCUT2D eigenvalue weighted by Crippen LogP contribution is 2.30. The second-order valence-electron chi connectivity index (χ2n) is 5.67. The average Bonchev–Trinajstić information content (AvgIpc) is 2.97. The first-order chi connectivity index (χ1) is 11.4. The first kappa shape index (κ1) is 16.3. The lowest BCUT2D eigenvalue weighted by Gasteiger charge is -2.23. The number of imidazole rings is 1. The standard InChI is InChI=1S/C15H16F3N5O/c16-15(17,18)12-9-23-8-10(1-2-13(23)22-12)7-20-14(24)21-11-3-5-19-6-4-11/h3-6,9-10H,1-2,7-8H2,(H2,19,20,21,24)/t10-/m1/s1. The highest BCUT2D eigenvalue weighted by atomic mass is 19.4. The van der Waals surface area contributed by atoms with E-state index in [1.807, 2.05) is 0 Å². The summed E-state index contributed by atoms with van der Waals surface area (Å²) >= 11 is 0. The Labute approximate surface area is 136 Å². The molecule has 3 heterocycles. The number of aromatic nitrogens is 3. The summed E-state index contributed by atoms with van der Waals surface area (Å²) < 4.78 is 39.6. The number of hydrogen-bond acceptors (Lipinski definition) is 3. The number of halogens is 3. The first-order valence-corrected chi connectivity index (χ1v) is 7.50. The van der Waals surface area contributed by atoms with Gasteiger partial charge in [0.15, 0.2) is 5.69 Å². The third-order valence-electron chi connectivity index (χ3n) is 3.87. The van der Waals surface area contributed by atoms with Crippen LogP contribution in [0.25, 0.3) is 0 Å². The molecule has 0 aliphatic carbocycles. The minimum Gasteiger partial charge on any atom is -0.338 e. The van der Waals surface area contributed by atoms with Crippen LogP contribution < -0.4 is 10.6 Å². The molecule has 2 N–H and O–H groups in total. The zero-order valence-corrected chi connectivity index (χ0v) is 12.7. The van der Waals surface area contributed by atoms with Gasteiger partial charge in [-0.15, -0.1) is 0 Å². The molecule has 0 saturated carbocycles. The maximum absolute atomic E-state index is 12.7. The molecule has 0 fully saturated rings. The van der Waals surface area contributed by atoms with Crippen LogP contribution in [-0.4, -0.2) is 27.1 Å². The molecular formula is C15H16F3N5O. The average molecular weight is 339 g/mol. The van der Waals surface area contributed by atoms with Gasteiger partial charge in [-0.2, -0.15) is 13.2 Å². The summed E-state index contributed by atoms with van der Waals surface area (Å²) in [5.74, 6) is 0.510. The Morgan fingerprint density at radius 1 is 1.33 bits per heavy atom. The molecule has 128 valence electrons. The normalized spacial score (nSPS) is 17.2.